The number of aromatic nitrogens is 2. The number of fused-ring (bicyclic) bond motifs is 2. The summed E-state index contributed by atoms with van der Waals surface area (Å²) < 4.78 is 12.6. The Balaban J connectivity index is 1.43. The molecule has 0 spiro atoms. The summed E-state index contributed by atoms with van der Waals surface area (Å²) in [6.45, 7) is 4.95. The Bertz CT molecular complexity index is 1480. The first-order valence-corrected chi connectivity index (χ1v) is 12.1. The highest BCUT2D eigenvalue weighted by molar-refractivity contribution is 7.17. The molecule has 1 aliphatic heterocycles. The molecule has 9 heteroatoms. The lowest BCUT2D eigenvalue weighted by molar-refractivity contribution is -0.116. The molecule has 34 heavy (non-hydrogen) atoms. The number of amides is 1. The van der Waals surface area contributed by atoms with Crippen LogP contribution in [0.4, 0.5) is 5.69 Å². The van der Waals surface area contributed by atoms with Crippen LogP contribution in [-0.2, 0) is 11.3 Å². The molecular formula is C25H22ClN3O4S. The molecule has 7 nitrogen and oxygen atoms in total. The Kier molecular flexibility index (Phi) is 6.02. The lowest BCUT2D eigenvalue weighted by atomic mass is 10.0. The molecule has 0 aliphatic carbocycles. The summed E-state index contributed by atoms with van der Waals surface area (Å²) in [5.41, 5.74) is 4.23. The van der Waals surface area contributed by atoms with Crippen molar-refractivity contribution in [3.8, 4) is 22.6 Å². The molecule has 0 fully saturated rings. The summed E-state index contributed by atoms with van der Waals surface area (Å²) in [5, 5.41) is 5.54. The summed E-state index contributed by atoms with van der Waals surface area (Å²) >= 11 is 7.75. The van der Waals surface area contributed by atoms with E-state index in [9.17, 15) is 9.59 Å². The lowest BCUT2D eigenvalue weighted by Gasteiger charge is -2.13. The minimum Gasteiger partial charge on any atom is -0.490 e. The molecule has 2 aromatic carbocycles. The predicted molar refractivity (Wildman–Crippen MR) is 134 cm³/mol. The Morgan fingerprint density at radius 2 is 1.91 bits per heavy atom. The zero-order valence-electron chi connectivity index (χ0n) is 18.7. The van der Waals surface area contributed by atoms with Gasteiger partial charge in [-0.1, -0.05) is 29.8 Å². The number of rotatable bonds is 4. The van der Waals surface area contributed by atoms with Crippen LogP contribution < -0.4 is 20.3 Å². The predicted octanol–water partition coefficient (Wildman–Crippen LogP) is 5.20. The van der Waals surface area contributed by atoms with Crippen LogP contribution in [-0.4, -0.2) is 28.7 Å². The van der Waals surface area contributed by atoms with Gasteiger partial charge in [0.25, 0.3) is 5.56 Å². The molecule has 1 amide bonds. The van der Waals surface area contributed by atoms with Crippen LogP contribution >= 0.6 is 22.9 Å². The van der Waals surface area contributed by atoms with Gasteiger partial charge in [0.05, 0.1) is 35.6 Å². The van der Waals surface area contributed by atoms with Gasteiger partial charge in [-0.05, 0) is 30.5 Å². The smallest absolute Gasteiger partial charge is 0.263 e. The fraction of sp³-hybridized carbons (Fsp3) is 0.240. The van der Waals surface area contributed by atoms with E-state index in [1.54, 1.807) is 12.1 Å². The molecule has 0 unspecified atom stereocenters. The van der Waals surface area contributed by atoms with E-state index >= 15 is 0 Å². The van der Waals surface area contributed by atoms with Gasteiger partial charge in [-0.25, -0.2) is 4.98 Å². The summed E-state index contributed by atoms with van der Waals surface area (Å²) in [7, 11) is 0. The van der Waals surface area contributed by atoms with Crippen molar-refractivity contribution in [3.63, 3.8) is 0 Å². The van der Waals surface area contributed by atoms with Gasteiger partial charge >= 0.3 is 0 Å². The fourth-order valence-electron chi connectivity index (χ4n) is 3.83. The quantitative estimate of drug-likeness (QED) is 0.421. The molecular weight excluding hydrogens is 474 g/mol. The maximum atomic E-state index is 13.3. The Hall–Kier alpha value is -3.36. The maximum absolute atomic E-state index is 13.3. The highest BCUT2D eigenvalue weighted by Crippen LogP contribution is 2.37. The van der Waals surface area contributed by atoms with Crippen molar-refractivity contribution >= 4 is 44.7 Å². The SMILES string of the molecule is Cc1ccc(-c2csc3ncn(CC(=O)Nc4cc5c(cc4Cl)OCCCO5)c(=O)c23)cc1C. The van der Waals surface area contributed by atoms with Gasteiger partial charge in [-0.3, -0.25) is 14.2 Å². The second-order valence-corrected chi connectivity index (χ2v) is 9.45. The minimum absolute atomic E-state index is 0.200. The number of carbonyl (C=O) groups excluding carboxylic acids is 1. The van der Waals surface area contributed by atoms with Gasteiger partial charge in [-0.15, -0.1) is 11.3 Å². The maximum Gasteiger partial charge on any atom is 0.263 e. The standard InChI is InChI=1S/C25H22ClN3O4S/c1-14-4-5-16(8-15(14)2)17-12-34-24-23(17)25(31)29(13-27-24)11-22(30)28-19-10-21-20(9-18(19)26)32-6-3-7-33-21/h4-5,8-10,12-13H,3,6-7,11H2,1-2H3,(H,28,30). The van der Waals surface area contributed by atoms with Crippen molar-refractivity contribution in [3.05, 3.63) is 68.5 Å². The van der Waals surface area contributed by atoms with Crippen LogP contribution in [0, 0.1) is 13.8 Å². The van der Waals surface area contributed by atoms with Gasteiger partial charge in [0, 0.05) is 29.5 Å². The number of hydrogen-bond donors (Lipinski definition) is 1. The molecule has 0 atom stereocenters. The Labute approximate surface area is 204 Å². The van der Waals surface area contributed by atoms with Crippen molar-refractivity contribution in [2.24, 2.45) is 0 Å². The number of nitrogens with one attached hydrogen (secondary N) is 1. The van der Waals surface area contributed by atoms with Crippen LogP contribution in [0.2, 0.25) is 5.02 Å². The molecule has 3 heterocycles. The van der Waals surface area contributed by atoms with Gasteiger partial charge in [-0.2, -0.15) is 0 Å². The zero-order chi connectivity index (χ0) is 23.8. The van der Waals surface area contributed by atoms with Crippen LogP contribution in [0.5, 0.6) is 11.5 Å². The average Bonchev–Trinajstić information content (AvgIpc) is 3.12. The highest BCUT2D eigenvalue weighted by Gasteiger charge is 2.18. The number of anilines is 1. The zero-order valence-corrected chi connectivity index (χ0v) is 20.3. The summed E-state index contributed by atoms with van der Waals surface area (Å²) in [4.78, 5) is 31.2. The molecule has 1 N–H and O–H groups in total. The molecule has 174 valence electrons. The van der Waals surface area contributed by atoms with E-state index in [4.69, 9.17) is 21.1 Å². The van der Waals surface area contributed by atoms with Crippen molar-refractivity contribution in [1.29, 1.82) is 0 Å². The Morgan fingerprint density at radius 1 is 1.15 bits per heavy atom. The first-order chi connectivity index (χ1) is 16.4. The number of thiophene rings is 1. The Morgan fingerprint density at radius 3 is 2.68 bits per heavy atom. The lowest BCUT2D eigenvalue weighted by Crippen LogP contribution is -2.27. The van der Waals surface area contributed by atoms with E-state index in [2.05, 4.69) is 16.4 Å². The van der Waals surface area contributed by atoms with Crippen LogP contribution in [0.25, 0.3) is 21.3 Å². The van der Waals surface area contributed by atoms with E-state index in [1.165, 1.54) is 27.8 Å². The van der Waals surface area contributed by atoms with E-state index in [-0.39, 0.29) is 12.1 Å². The number of ether oxygens (including phenoxy) is 2. The van der Waals surface area contributed by atoms with Gasteiger partial charge in [0.1, 0.15) is 11.4 Å². The van der Waals surface area contributed by atoms with Crippen molar-refractivity contribution < 1.29 is 14.3 Å². The molecule has 4 aromatic rings. The van der Waals surface area contributed by atoms with Crippen molar-refractivity contribution in [2.45, 2.75) is 26.8 Å². The first-order valence-electron chi connectivity index (χ1n) is 10.8. The number of carbonyl (C=O) groups is 1. The van der Waals surface area contributed by atoms with Crippen LogP contribution in [0.3, 0.4) is 0 Å². The van der Waals surface area contributed by atoms with Crippen molar-refractivity contribution in [2.75, 3.05) is 18.5 Å². The highest BCUT2D eigenvalue weighted by atomic mass is 35.5. The van der Waals surface area contributed by atoms with Crippen molar-refractivity contribution in [1.82, 2.24) is 9.55 Å². The molecule has 5 rings (SSSR count). The number of benzene rings is 2. The number of hydrogen-bond acceptors (Lipinski definition) is 6. The third-order valence-electron chi connectivity index (χ3n) is 5.80. The second kappa shape index (κ2) is 9.12. The summed E-state index contributed by atoms with van der Waals surface area (Å²) in [6.07, 6.45) is 2.17. The average molecular weight is 496 g/mol. The number of halogens is 1. The molecule has 2 aromatic heterocycles. The molecule has 0 bridgehead atoms. The molecule has 1 aliphatic rings. The molecule has 0 radical (unpaired) electrons. The van der Waals surface area contributed by atoms with E-state index in [0.29, 0.717) is 45.6 Å². The largest absolute Gasteiger partial charge is 0.490 e. The van der Waals surface area contributed by atoms with Gasteiger partial charge in [0.2, 0.25) is 5.91 Å². The number of nitrogens with zero attached hydrogens (tertiary/aromatic N) is 2. The molecule has 0 saturated heterocycles. The monoisotopic (exact) mass is 495 g/mol. The summed E-state index contributed by atoms with van der Waals surface area (Å²) in [6, 6.07) is 9.36. The van der Waals surface area contributed by atoms with Gasteiger partial charge in [0.15, 0.2) is 11.5 Å². The van der Waals surface area contributed by atoms with Crippen LogP contribution in [0.15, 0.2) is 46.8 Å². The minimum atomic E-state index is -0.400. The van der Waals surface area contributed by atoms with E-state index in [0.717, 1.165) is 23.1 Å². The third kappa shape index (κ3) is 4.26. The normalized spacial score (nSPS) is 13.0. The van der Waals surface area contributed by atoms with E-state index in [1.807, 2.05) is 31.4 Å². The number of aryl methyl sites for hydroxylation is 2. The molecule has 0 saturated carbocycles. The van der Waals surface area contributed by atoms with Crippen LogP contribution in [0.1, 0.15) is 17.5 Å². The fourth-order valence-corrected chi connectivity index (χ4v) is 4.93. The first kappa shape index (κ1) is 22.4. The van der Waals surface area contributed by atoms with E-state index < -0.39 is 5.91 Å². The second-order valence-electron chi connectivity index (χ2n) is 8.18. The van der Waals surface area contributed by atoms with Gasteiger partial charge < -0.3 is 14.8 Å². The third-order valence-corrected chi connectivity index (χ3v) is 7.00. The summed E-state index contributed by atoms with van der Waals surface area (Å²) in [5.74, 6) is 0.666. The topological polar surface area (TPSA) is 82.5 Å².